The Labute approximate surface area is 179 Å². The van der Waals surface area contributed by atoms with Gasteiger partial charge in [0, 0.05) is 42.0 Å². The molecule has 0 aliphatic carbocycles. The van der Waals surface area contributed by atoms with Gasteiger partial charge in [0.05, 0.1) is 6.54 Å². The quantitative estimate of drug-likeness (QED) is 0.491. The molecule has 1 aliphatic rings. The molecule has 1 amide bonds. The summed E-state index contributed by atoms with van der Waals surface area (Å²) in [6, 6.07) is 20.7. The summed E-state index contributed by atoms with van der Waals surface area (Å²) in [5.74, 6) is 1.77. The Morgan fingerprint density at radius 2 is 1.74 bits per heavy atom. The lowest BCUT2D eigenvalue weighted by molar-refractivity contribution is 0.0772. The number of aromatic nitrogens is 3. The SMILES string of the molecule is O=C(c1ccncc1)N1CCC(Oc2ccc(-c3noc(-c4ccccc4)n3)cc2)C1. The van der Waals surface area contributed by atoms with E-state index in [1.165, 1.54) is 0 Å². The predicted molar refractivity (Wildman–Crippen MR) is 114 cm³/mol. The van der Waals surface area contributed by atoms with E-state index < -0.39 is 0 Å². The van der Waals surface area contributed by atoms with Crippen molar-refractivity contribution < 1.29 is 14.1 Å². The van der Waals surface area contributed by atoms with E-state index >= 15 is 0 Å². The molecule has 4 aromatic rings. The Morgan fingerprint density at radius 3 is 2.52 bits per heavy atom. The fourth-order valence-corrected chi connectivity index (χ4v) is 3.60. The van der Waals surface area contributed by atoms with Gasteiger partial charge >= 0.3 is 0 Å². The van der Waals surface area contributed by atoms with Crippen LogP contribution in [-0.4, -0.2) is 45.1 Å². The number of carbonyl (C=O) groups excluding carboxylic acids is 1. The van der Waals surface area contributed by atoms with Crippen molar-refractivity contribution in [3.05, 3.63) is 84.7 Å². The Bertz CT molecular complexity index is 1160. The maximum atomic E-state index is 12.6. The predicted octanol–water partition coefficient (Wildman–Crippen LogP) is 4.09. The van der Waals surface area contributed by atoms with E-state index in [-0.39, 0.29) is 12.0 Å². The van der Waals surface area contributed by atoms with Crippen LogP contribution in [0, 0.1) is 0 Å². The largest absolute Gasteiger partial charge is 0.489 e. The molecule has 7 nitrogen and oxygen atoms in total. The van der Waals surface area contributed by atoms with Crippen molar-refractivity contribution in [2.45, 2.75) is 12.5 Å². The molecule has 1 atom stereocenters. The molecule has 0 spiro atoms. The molecule has 0 N–H and O–H groups in total. The molecule has 1 fully saturated rings. The normalized spacial score (nSPS) is 15.7. The van der Waals surface area contributed by atoms with Gasteiger partial charge in [0.1, 0.15) is 11.9 Å². The zero-order valence-electron chi connectivity index (χ0n) is 16.7. The highest BCUT2D eigenvalue weighted by molar-refractivity contribution is 5.94. The van der Waals surface area contributed by atoms with Crippen LogP contribution in [-0.2, 0) is 0 Å². The first-order valence-electron chi connectivity index (χ1n) is 10.1. The summed E-state index contributed by atoms with van der Waals surface area (Å²) < 4.78 is 11.5. The van der Waals surface area contributed by atoms with Crippen molar-refractivity contribution >= 4 is 5.91 Å². The lowest BCUT2D eigenvalue weighted by Crippen LogP contribution is -2.30. The number of likely N-dealkylation sites (tertiary alicyclic amines) is 1. The standard InChI is InChI=1S/C24H20N4O3/c29-24(19-10-13-25-14-11-19)28-15-12-21(16-28)30-20-8-6-17(7-9-20)22-26-23(31-27-22)18-4-2-1-3-5-18/h1-11,13-14,21H,12,15-16H2. The van der Waals surface area contributed by atoms with Gasteiger partial charge in [0.15, 0.2) is 0 Å². The van der Waals surface area contributed by atoms with Gasteiger partial charge in [-0.05, 0) is 48.5 Å². The van der Waals surface area contributed by atoms with Gasteiger partial charge in [-0.3, -0.25) is 9.78 Å². The molecule has 3 heterocycles. The van der Waals surface area contributed by atoms with Crippen LogP contribution >= 0.6 is 0 Å². The number of benzene rings is 2. The fraction of sp³-hybridized carbons (Fsp3) is 0.167. The van der Waals surface area contributed by atoms with E-state index in [1.54, 1.807) is 24.5 Å². The van der Waals surface area contributed by atoms with Crippen molar-refractivity contribution in [2.75, 3.05) is 13.1 Å². The Kier molecular flexibility index (Phi) is 5.14. The summed E-state index contributed by atoms with van der Waals surface area (Å²) in [5, 5.41) is 4.08. The van der Waals surface area contributed by atoms with E-state index in [1.807, 2.05) is 59.5 Å². The Morgan fingerprint density at radius 1 is 0.968 bits per heavy atom. The van der Waals surface area contributed by atoms with Gasteiger partial charge in [-0.25, -0.2) is 0 Å². The third-order valence-electron chi connectivity index (χ3n) is 5.22. The number of hydrogen-bond acceptors (Lipinski definition) is 6. The minimum absolute atomic E-state index is 0.00942. The smallest absolute Gasteiger partial charge is 0.258 e. The molecule has 0 bridgehead atoms. The van der Waals surface area contributed by atoms with Crippen molar-refractivity contribution in [1.82, 2.24) is 20.0 Å². The summed E-state index contributed by atoms with van der Waals surface area (Å²) in [6.07, 6.45) is 4.02. The number of amides is 1. The highest BCUT2D eigenvalue weighted by atomic mass is 16.5. The second kappa shape index (κ2) is 8.39. The van der Waals surface area contributed by atoms with E-state index in [0.29, 0.717) is 30.4 Å². The second-order valence-corrected chi connectivity index (χ2v) is 7.33. The lowest BCUT2D eigenvalue weighted by Gasteiger charge is -2.17. The van der Waals surface area contributed by atoms with E-state index in [2.05, 4.69) is 15.1 Å². The zero-order valence-corrected chi connectivity index (χ0v) is 16.7. The molecule has 0 saturated carbocycles. The number of rotatable bonds is 5. The molecule has 5 rings (SSSR count). The molecular formula is C24H20N4O3. The lowest BCUT2D eigenvalue weighted by atomic mass is 10.2. The zero-order chi connectivity index (χ0) is 21.0. The topological polar surface area (TPSA) is 81.4 Å². The highest BCUT2D eigenvalue weighted by Gasteiger charge is 2.28. The van der Waals surface area contributed by atoms with Crippen molar-refractivity contribution in [2.24, 2.45) is 0 Å². The first-order valence-corrected chi connectivity index (χ1v) is 10.1. The molecule has 2 aromatic heterocycles. The maximum Gasteiger partial charge on any atom is 0.258 e. The molecular weight excluding hydrogens is 392 g/mol. The minimum Gasteiger partial charge on any atom is -0.489 e. The molecule has 1 aliphatic heterocycles. The number of nitrogens with zero attached hydrogens (tertiary/aromatic N) is 4. The van der Waals surface area contributed by atoms with Crippen LogP contribution in [0.1, 0.15) is 16.8 Å². The van der Waals surface area contributed by atoms with Crippen molar-refractivity contribution in [3.8, 4) is 28.6 Å². The van der Waals surface area contributed by atoms with Crippen LogP contribution in [0.5, 0.6) is 5.75 Å². The van der Waals surface area contributed by atoms with Crippen LogP contribution < -0.4 is 4.74 Å². The van der Waals surface area contributed by atoms with Gasteiger partial charge in [0.25, 0.3) is 11.8 Å². The van der Waals surface area contributed by atoms with Gasteiger partial charge < -0.3 is 14.2 Å². The average Bonchev–Trinajstić information content (AvgIpc) is 3.51. The van der Waals surface area contributed by atoms with Gasteiger partial charge in [0.2, 0.25) is 5.82 Å². The molecule has 154 valence electrons. The van der Waals surface area contributed by atoms with E-state index in [9.17, 15) is 4.79 Å². The first-order chi connectivity index (χ1) is 15.3. The second-order valence-electron chi connectivity index (χ2n) is 7.33. The van der Waals surface area contributed by atoms with Crippen LogP contribution in [0.2, 0.25) is 0 Å². The molecule has 1 saturated heterocycles. The Hall–Kier alpha value is -4.00. The number of ether oxygens (including phenoxy) is 1. The van der Waals surface area contributed by atoms with E-state index in [4.69, 9.17) is 9.26 Å². The maximum absolute atomic E-state index is 12.6. The molecule has 2 aromatic carbocycles. The van der Waals surface area contributed by atoms with Crippen LogP contribution in [0.4, 0.5) is 0 Å². The summed E-state index contributed by atoms with van der Waals surface area (Å²) >= 11 is 0. The summed E-state index contributed by atoms with van der Waals surface area (Å²) in [7, 11) is 0. The van der Waals surface area contributed by atoms with Gasteiger partial charge in [-0.1, -0.05) is 23.4 Å². The van der Waals surface area contributed by atoms with Crippen LogP contribution in [0.15, 0.2) is 83.6 Å². The summed E-state index contributed by atoms with van der Waals surface area (Å²) in [6.45, 7) is 1.24. The molecule has 1 unspecified atom stereocenters. The third kappa shape index (κ3) is 4.16. The van der Waals surface area contributed by atoms with Crippen molar-refractivity contribution in [3.63, 3.8) is 0 Å². The van der Waals surface area contributed by atoms with Crippen LogP contribution in [0.3, 0.4) is 0 Å². The number of carbonyl (C=O) groups is 1. The van der Waals surface area contributed by atoms with Gasteiger partial charge in [-0.15, -0.1) is 0 Å². The summed E-state index contributed by atoms with van der Waals surface area (Å²) in [4.78, 5) is 22.8. The fourth-order valence-electron chi connectivity index (χ4n) is 3.60. The van der Waals surface area contributed by atoms with E-state index in [0.717, 1.165) is 23.3 Å². The first kappa shape index (κ1) is 19.0. The summed E-state index contributed by atoms with van der Waals surface area (Å²) in [5.41, 5.74) is 2.38. The van der Waals surface area contributed by atoms with Crippen molar-refractivity contribution in [1.29, 1.82) is 0 Å². The average molecular weight is 412 g/mol. The molecule has 0 radical (unpaired) electrons. The van der Waals surface area contributed by atoms with Crippen LogP contribution in [0.25, 0.3) is 22.8 Å². The highest BCUT2D eigenvalue weighted by Crippen LogP contribution is 2.25. The molecule has 7 heteroatoms. The monoisotopic (exact) mass is 412 g/mol. The Balaban J connectivity index is 1.21. The third-order valence-corrected chi connectivity index (χ3v) is 5.22. The minimum atomic E-state index is -0.0357. The number of pyridine rings is 1. The molecule has 31 heavy (non-hydrogen) atoms. The number of hydrogen-bond donors (Lipinski definition) is 0. The van der Waals surface area contributed by atoms with Gasteiger partial charge in [-0.2, -0.15) is 4.98 Å².